The molecule has 0 aliphatic rings. The van der Waals surface area contributed by atoms with Crippen molar-refractivity contribution < 1.29 is 14.7 Å². The van der Waals surface area contributed by atoms with Crippen LogP contribution in [0.25, 0.3) is 0 Å². The van der Waals surface area contributed by atoms with Gasteiger partial charge in [0.2, 0.25) is 0 Å². The molecule has 6 nitrogen and oxygen atoms in total. The van der Waals surface area contributed by atoms with Gasteiger partial charge in [0.05, 0.1) is 16.8 Å². The van der Waals surface area contributed by atoms with Crippen molar-refractivity contribution in [2.24, 2.45) is 0 Å². The minimum atomic E-state index is -1.11. The summed E-state index contributed by atoms with van der Waals surface area (Å²) >= 11 is 0. The van der Waals surface area contributed by atoms with Gasteiger partial charge >= 0.3 is 5.97 Å². The van der Waals surface area contributed by atoms with Crippen molar-refractivity contribution in [3.05, 3.63) is 53.2 Å². The topological polar surface area (TPSA) is 105 Å². The third kappa shape index (κ3) is 2.74. The predicted octanol–water partition coefficient (Wildman–Crippen LogP) is 1.92. The van der Waals surface area contributed by atoms with Gasteiger partial charge in [-0.1, -0.05) is 11.6 Å². The molecule has 0 atom stereocenters. The first kappa shape index (κ1) is 13.5. The van der Waals surface area contributed by atoms with Gasteiger partial charge in [-0.2, -0.15) is 0 Å². The average Bonchev–Trinajstić information content (AvgIpc) is 2.41. The number of hydrogen-bond acceptors (Lipinski definition) is 4. The maximum Gasteiger partial charge on any atom is 0.337 e. The van der Waals surface area contributed by atoms with Crippen LogP contribution in [-0.4, -0.2) is 22.0 Å². The van der Waals surface area contributed by atoms with E-state index in [0.717, 1.165) is 5.56 Å². The molecule has 1 heterocycles. The molecule has 0 fully saturated rings. The smallest absolute Gasteiger partial charge is 0.337 e. The predicted molar refractivity (Wildman–Crippen MR) is 74.7 cm³/mol. The molecule has 6 heteroatoms. The van der Waals surface area contributed by atoms with Gasteiger partial charge in [-0.3, -0.25) is 4.79 Å². The fraction of sp³-hybridized carbons (Fsp3) is 0.0714. The van der Waals surface area contributed by atoms with Gasteiger partial charge in [0, 0.05) is 6.20 Å². The van der Waals surface area contributed by atoms with E-state index in [9.17, 15) is 9.59 Å². The van der Waals surface area contributed by atoms with Crippen molar-refractivity contribution in [1.82, 2.24) is 4.98 Å². The van der Waals surface area contributed by atoms with Crippen LogP contribution in [0.3, 0.4) is 0 Å². The molecule has 102 valence electrons. The first-order chi connectivity index (χ1) is 9.49. The van der Waals surface area contributed by atoms with Crippen LogP contribution in [0.1, 0.15) is 26.3 Å². The summed E-state index contributed by atoms with van der Waals surface area (Å²) in [5.74, 6) is -1.51. The van der Waals surface area contributed by atoms with Gasteiger partial charge in [0.1, 0.15) is 5.82 Å². The number of aromatic carboxylic acids is 1. The zero-order valence-electron chi connectivity index (χ0n) is 10.8. The van der Waals surface area contributed by atoms with Gasteiger partial charge in [-0.15, -0.1) is 0 Å². The monoisotopic (exact) mass is 271 g/mol. The molecule has 4 N–H and O–H groups in total. The van der Waals surface area contributed by atoms with Crippen LogP contribution < -0.4 is 11.1 Å². The number of anilines is 2. The highest BCUT2D eigenvalue weighted by molar-refractivity contribution is 6.09. The minimum absolute atomic E-state index is 0.0285. The Hall–Kier alpha value is -2.89. The molecule has 1 aromatic heterocycles. The summed E-state index contributed by atoms with van der Waals surface area (Å²) in [6.45, 7) is 1.77. The normalized spacial score (nSPS) is 10.1. The fourth-order valence-electron chi connectivity index (χ4n) is 1.74. The van der Waals surface area contributed by atoms with E-state index in [1.54, 1.807) is 25.1 Å². The quantitative estimate of drug-likeness (QED) is 0.791. The fourth-order valence-corrected chi connectivity index (χ4v) is 1.74. The third-order valence-electron chi connectivity index (χ3n) is 2.74. The van der Waals surface area contributed by atoms with Crippen LogP contribution in [0.15, 0.2) is 36.5 Å². The Morgan fingerprint density at radius 2 is 2.00 bits per heavy atom. The lowest BCUT2D eigenvalue weighted by molar-refractivity contribution is 0.0698. The maximum absolute atomic E-state index is 12.1. The minimum Gasteiger partial charge on any atom is -0.478 e. The number of carboxylic acid groups (broad SMARTS) is 1. The lowest BCUT2D eigenvalue weighted by Crippen LogP contribution is -2.17. The highest BCUT2D eigenvalue weighted by Crippen LogP contribution is 2.19. The number of aromatic nitrogens is 1. The molecule has 0 aliphatic carbocycles. The summed E-state index contributed by atoms with van der Waals surface area (Å²) in [7, 11) is 0. The summed E-state index contributed by atoms with van der Waals surface area (Å²) in [4.78, 5) is 27.1. The molecule has 1 amide bonds. The molecular formula is C14H13N3O3. The number of rotatable bonds is 3. The molecule has 0 spiro atoms. The molecule has 2 aromatic rings. The highest BCUT2D eigenvalue weighted by atomic mass is 16.4. The second-order valence-electron chi connectivity index (χ2n) is 4.24. The van der Waals surface area contributed by atoms with Crippen LogP contribution in [0.5, 0.6) is 0 Å². The van der Waals surface area contributed by atoms with E-state index >= 15 is 0 Å². The molecule has 0 unspecified atom stereocenters. The number of nitrogens with zero attached hydrogens (tertiary/aromatic N) is 1. The average molecular weight is 271 g/mol. The summed E-state index contributed by atoms with van der Waals surface area (Å²) < 4.78 is 0. The Bertz CT molecular complexity index is 683. The number of benzene rings is 1. The van der Waals surface area contributed by atoms with Crippen molar-refractivity contribution in [3.8, 4) is 0 Å². The number of aryl methyl sites for hydroxylation is 1. The Kier molecular flexibility index (Phi) is 3.65. The van der Waals surface area contributed by atoms with E-state index in [1.165, 1.54) is 18.3 Å². The Balaban J connectivity index is 2.33. The molecule has 2 rings (SSSR count). The molecule has 0 aliphatic heterocycles. The number of nitrogen functional groups attached to an aromatic ring is 1. The van der Waals surface area contributed by atoms with E-state index < -0.39 is 11.9 Å². The standard InChI is InChI=1S/C14H13N3O3/c1-8-4-5-11(10(7-8)14(19)20)17-13(18)9-3-2-6-16-12(9)15/h2-7H,1H3,(H2,15,16)(H,17,18)(H,19,20). The van der Waals surface area contributed by atoms with E-state index in [-0.39, 0.29) is 22.6 Å². The van der Waals surface area contributed by atoms with Gasteiger partial charge in [-0.05, 0) is 31.2 Å². The summed E-state index contributed by atoms with van der Waals surface area (Å²) in [6, 6.07) is 7.85. The van der Waals surface area contributed by atoms with Gasteiger partial charge in [-0.25, -0.2) is 9.78 Å². The Labute approximate surface area is 115 Å². The van der Waals surface area contributed by atoms with E-state index in [0.29, 0.717) is 0 Å². The molecule has 0 bridgehead atoms. The van der Waals surface area contributed by atoms with Crippen molar-refractivity contribution >= 4 is 23.4 Å². The van der Waals surface area contributed by atoms with Crippen LogP contribution in [0, 0.1) is 6.92 Å². The molecule has 1 aromatic carbocycles. The van der Waals surface area contributed by atoms with Crippen molar-refractivity contribution in [3.63, 3.8) is 0 Å². The lowest BCUT2D eigenvalue weighted by Gasteiger charge is -2.10. The Morgan fingerprint density at radius 3 is 2.65 bits per heavy atom. The maximum atomic E-state index is 12.1. The number of amides is 1. The number of carbonyl (C=O) groups excluding carboxylic acids is 1. The first-order valence-corrected chi connectivity index (χ1v) is 5.85. The molecule has 0 radical (unpaired) electrons. The Morgan fingerprint density at radius 1 is 1.25 bits per heavy atom. The van der Waals surface area contributed by atoms with Crippen LogP contribution in [0.2, 0.25) is 0 Å². The zero-order valence-corrected chi connectivity index (χ0v) is 10.8. The van der Waals surface area contributed by atoms with Crippen molar-refractivity contribution in [2.75, 3.05) is 11.1 Å². The highest BCUT2D eigenvalue weighted by Gasteiger charge is 2.15. The largest absolute Gasteiger partial charge is 0.478 e. The summed E-state index contributed by atoms with van der Waals surface area (Å²) in [5.41, 5.74) is 6.85. The van der Waals surface area contributed by atoms with Crippen LogP contribution in [0.4, 0.5) is 11.5 Å². The van der Waals surface area contributed by atoms with Gasteiger partial charge in [0.15, 0.2) is 0 Å². The lowest BCUT2D eigenvalue weighted by atomic mass is 10.1. The van der Waals surface area contributed by atoms with Crippen molar-refractivity contribution in [1.29, 1.82) is 0 Å². The summed E-state index contributed by atoms with van der Waals surface area (Å²) in [6.07, 6.45) is 1.47. The zero-order chi connectivity index (χ0) is 14.7. The SMILES string of the molecule is Cc1ccc(NC(=O)c2cccnc2N)c(C(=O)O)c1. The van der Waals surface area contributed by atoms with Crippen LogP contribution in [-0.2, 0) is 0 Å². The molecule has 0 saturated carbocycles. The number of nitrogens with one attached hydrogen (secondary N) is 1. The van der Waals surface area contributed by atoms with Gasteiger partial charge < -0.3 is 16.2 Å². The van der Waals surface area contributed by atoms with E-state index in [1.807, 2.05) is 0 Å². The molecule has 20 heavy (non-hydrogen) atoms. The second-order valence-corrected chi connectivity index (χ2v) is 4.24. The number of nitrogens with two attached hydrogens (primary N) is 1. The number of pyridine rings is 1. The first-order valence-electron chi connectivity index (χ1n) is 5.85. The molecule has 0 saturated heterocycles. The number of carboxylic acids is 1. The van der Waals surface area contributed by atoms with Crippen LogP contribution >= 0.6 is 0 Å². The second kappa shape index (κ2) is 5.40. The van der Waals surface area contributed by atoms with Gasteiger partial charge in [0.25, 0.3) is 5.91 Å². The summed E-state index contributed by atoms with van der Waals surface area (Å²) in [5, 5.41) is 11.7. The molecular weight excluding hydrogens is 258 g/mol. The van der Waals surface area contributed by atoms with E-state index in [2.05, 4.69) is 10.3 Å². The number of carbonyl (C=O) groups is 2. The van der Waals surface area contributed by atoms with E-state index in [4.69, 9.17) is 10.8 Å². The number of hydrogen-bond donors (Lipinski definition) is 3. The van der Waals surface area contributed by atoms with Crippen molar-refractivity contribution in [2.45, 2.75) is 6.92 Å². The third-order valence-corrected chi connectivity index (χ3v) is 2.74.